The highest BCUT2D eigenvalue weighted by atomic mass is 16.6. The molecule has 1 saturated heterocycles. The second-order valence-electron chi connectivity index (χ2n) is 8.03. The first-order valence-electron chi connectivity index (χ1n) is 11.0. The lowest BCUT2D eigenvalue weighted by Gasteiger charge is -2.26. The maximum absolute atomic E-state index is 13.1. The van der Waals surface area contributed by atoms with E-state index in [0.29, 0.717) is 38.5 Å². The van der Waals surface area contributed by atoms with E-state index in [1.54, 1.807) is 7.11 Å². The summed E-state index contributed by atoms with van der Waals surface area (Å²) < 4.78 is 16.8. The van der Waals surface area contributed by atoms with Crippen molar-refractivity contribution < 1.29 is 18.9 Å². The first kappa shape index (κ1) is 22.0. The number of methoxy groups -OCH3 is 1. The molecule has 1 amide bonds. The summed E-state index contributed by atoms with van der Waals surface area (Å²) in [6.45, 7) is 3.02. The highest BCUT2D eigenvalue weighted by molar-refractivity contribution is 6.04. The molecule has 178 valence electrons. The van der Waals surface area contributed by atoms with Gasteiger partial charge < -0.3 is 15.2 Å². The van der Waals surface area contributed by atoms with Crippen LogP contribution in [0, 0.1) is 0 Å². The predicted octanol–water partition coefficient (Wildman–Crippen LogP) is 0.544. The molecule has 0 radical (unpaired) electrons. The first-order valence-corrected chi connectivity index (χ1v) is 11.0. The minimum absolute atomic E-state index is 0.0505. The third kappa shape index (κ3) is 4.34. The van der Waals surface area contributed by atoms with E-state index < -0.39 is 5.91 Å². The Morgan fingerprint density at radius 1 is 1.26 bits per heavy atom. The van der Waals surface area contributed by atoms with Crippen LogP contribution in [-0.2, 0) is 17.7 Å². The van der Waals surface area contributed by atoms with E-state index >= 15 is 0 Å². The van der Waals surface area contributed by atoms with Gasteiger partial charge in [0.25, 0.3) is 5.91 Å². The van der Waals surface area contributed by atoms with Crippen molar-refractivity contribution in [3.8, 4) is 11.6 Å². The van der Waals surface area contributed by atoms with Gasteiger partial charge >= 0.3 is 0 Å². The van der Waals surface area contributed by atoms with Gasteiger partial charge in [-0.15, -0.1) is 5.10 Å². The van der Waals surface area contributed by atoms with Gasteiger partial charge in [-0.05, 0) is 53.3 Å². The zero-order valence-corrected chi connectivity index (χ0v) is 18.7. The predicted molar refractivity (Wildman–Crippen MR) is 120 cm³/mol. The molecule has 1 aromatic carbocycles. The van der Waals surface area contributed by atoms with Crippen molar-refractivity contribution >= 4 is 17.4 Å². The number of hydrazone groups is 1. The van der Waals surface area contributed by atoms with Gasteiger partial charge in [0.1, 0.15) is 5.75 Å². The normalized spacial score (nSPS) is 17.5. The Labute approximate surface area is 194 Å². The van der Waals surface area contributed by atoms with Crippen LogP contribution in [0.15, 0.2) is 27.9 Å². The summed E-state index contributed by atoms with van der Waals surface area (Å²) in [5, 5.41) is 20.0. The van der Waals surface area contributed by atoms with E-state index in [0.717, 1.165) is 41.9 Å². The van der Waals surface area contributed by atoms with E-state index in [-0.39, 0.29) is 17.3 Å². The molecule has 0 bridgehead atoms. The number of hydrogen-bond donors (Lipinski definition) is 2. The highest BCUT2D eigenvalue weighted by Gasteiger charge is 2.26. The van der Waals surface area contributed by atoms with Gasteiger partial charge in [-0.2, -0.15) is 9.78 Å². The summed E-state index contributed by atoms with van der Waals surface area (Å²) in [4.78, 5) is 15.3. The molecule has 0 saturated carbocycles. The van der Waals surface area contributed by atoms with Gasteiger partial charge in [0.05, 0.1) is 31.7 Å². The molecule has 1 fully saturated rings. The van der Waals surface area contributed by atoms with Gasteiger partial charge in [-0.25, -0.2) is 10.1 Å². The molecular weight excluding hydrogens is 442 g/mol. The number of rotatable bonds is 6. The number of aromatic nitrogens is 5. The van der Waals surface area contributed by atoms with Crippen LogP contribution in [0.5, 0.6) is 5.75 Å². The molecule has 13 heteroatoms. The summed E-state index contributed by atoms with van der Waals surface area (Å²) in [5.74, 6) is 0.554. The van der Waals surface area contributed by atoms with Crippen molar-refractivity contribution in [3.63, 3.8) is 0 Å². The average molecular weight is 467 g/mol. The maximum atomic E-state index is 13.1. The summed E-state index contributed by atoms with van der Waals surface area (Å²) in [5.41, 5.74) is 12.1. The van der Waals surface area contributed by atoms with Gasteiger partial charge in [0.15, 0.2) is 5.69 Å². The van der Waals surface area contributed by atoms with Crippen molar-refractivity contribution in [2.24, 2.45) is 5.10 Å². The van der Waals surface area contributed by atoms with Crippen LogP contribution in [0.2, 0.25) is 0 Å². The van der Waals surface area contributed by atoms with Crippen molar-refractivity contribution in [3.05, 3.63) is 40.7 Å². The van der Waals surface area contributed by atoms with Crippen molar-refractivity contribution in [1.29, 1.82) is 0 Å². The summed E-state index contributed by atoms with van der Waals surface area (Å²) >= 11 is 0. The zero-order chi connectivity index (χ0) is 23.5. The second kappa shape index (κ2) is 9.57. The lowest BCUT2D eigenvalue weighted by molar-refractivity contribution is 0.0332. The Hall–Kier alpha value is -3.84. The summed E-state index contributed by atoms with van der Waals surface area (Å²) in [7, 11) is 1.64. The molecule has 0 spiro atoms. The summed E-state index contributed by atoms with van der Waals surface area (Å²) in [6, 6.07) is 5.87. The number of nitrogens with zero attached hydrogens (tertiary/aromatic N) is 7. The van der Waals surface area contributed by atoms with Crippen molar-refractivity contribution in [1.82, 2.24) is 35.6 Å². The molecule has 34 heavy (non-hydrogen) atoms. The van der Waals surface area contributed by atoms with E-state index in [1.807, 2.05) is 18.2 Å². The monoisotopic (exact) mass is 467 g/mol. The standard InChI is InChI=1S/C21H25N9O4/c1-32-14-5-6-15-13(11-14)3-2-4-16(15)23-25-21(31)18-17(12-29-7-9-33-10-8-29)30(28-24-18)20-19(22)26-34-27-20/h5-6,11H,2-4,7-10,12H2,1H3,(H2,22,26)(H,25,31)/b23-16+. The van der Waals surface area contributed by atoms with Crippen molar-refractivity contribution in [2.45, 2.75) is 25.8 Å². The van der Waals surface area contributed by atoms with E-state index in [1.165, 1.54) is 4.68 Å². The SMILES string of the molecule is COc1ccc2c(c1)CCC/C2=N\NC(=O)c1nnn(-c2nonc2N)c1CN1CCOCC1. The number of anilines is 1. The smallest absolute Gasteiger partial charge is 0.293 e. The van der Waals surface area contributed by atoms with Crippen LogP contribution in [0.1, 0.15) is 40.2 Å². The number of nitrogen functional groups attached to an aromatic ring is 1. The van der Waals surface area contributed by atoms with Crippen LogP contribution < -0.4 is 15.9 Å². The number of nitrogens with one attached hydrogen (secondary N) is 1. The Balaban J connectivity index is 1.42. The van der Waals surface area contributed by atoms with Crippen LogP contribution in [0.4, 0.5) is 5.82 Å². The zero-order valence-electron chi connectivity index (χ0n) is 18.7. The Morgan fingerprint density at radius 3 is 2.88 bits per heavy atom. The second-order valence-corrected chi connectivity index (χ2v) is 8.03. The van der Waals surface area contributed by atoms with Gasteiger partial charge in [-0.3, -0.25) is 9.69 Å². The number of nitrogens with two attached hydrogens (primary N) is 1. The van der Waals surface area contributed by atoms with E-state index in [9.17, 15) is 4.79 Å². The number of carbonyl (C=O) groups is 1. The number of hydrogen-bond acceptors (Lipinski definition) is 11. The first-order chi connectivity index (χ1) is 16.6. The molecule has 0 atom stereocenters. The number of carbonyl (C=O) groups excluding carboxylic acids is 1. The average Bonchev–Trinajstić information content (AvgIpc) is 3.48. The van der Waals surface area contributed by atoms with Crippen molar-refractivity contribution in [2.75, 3.05) is 39.1 Å². The van der Waals surface area contributed by atoms with Gasteiger partial charge in [0, 0.05) is 25.2 Å². The molecule has 1 aliphatic carbocycles. The number of amides is 1. The molecule has 0 unspecified atom stereocenters. The van der Waals surface area contributed by atoms with Gasteiger partial charge in [0.2, 0.25) is 11.6 Å². The Bertz CT molecular complexity index is 1210. The molecule has 1 aliphatic heterocycles. The minimum atomic E-state index is -0.474. The molecule has 3 aromatic rings. The Morgan fingerprint density at radius 2 is 2.12 bits per heavy atom. The van der Waals surface area contributed by atoms with Crippen LogP contribution in [-0.4, -0.2) is 75.2 Å². The number of benzene rings is 1. The van der Waals surface area contributed by atoms with Gasteiger partial charge in [-0.1, -0.05) is 5.21 Å². The van der Waals surface area contributed by atoms with E-state index in [2.05, 4.69) is 36.1 Å². The topological polar surface area (TPSA) is 159 Å². The highest BCUT2D eigenvalue weighted by Crippen LogP contribution is 2.26. The number of aryl methyl sites for hydroxylation is 1. The molecule has 13 nitrogen and oxygen atoms in total. The fourth-order valence-electron chi connectivity index (χ4n) is 4.15. The van der Waals surface area contributed by atoms with Crippen LogP contribution in [0.25, 0.3) is 5.82 Å². The largest absolute Gasteiger partial charge is 0.497 e. The number of ether oxygens (including phenoxy) is 2. The lowest BCUT2D eigenvalue weighted by atomic mass is 9.90. The third-order valence-corrected chi connectivity index (χ3v) is 5.93. The van der Waals surface area contributed by atoms with Crippen LogP contribution >= 0.6 is 0 Å². The molecule has 3 N–H and O–H groups in total. The number of fused-ring (bicyclic) bond motifs is 1. The molecule has 2 aliphatic rings. The van der Waals surface area contributed by atoms with E-state index in [4.69, 9.17) is 19.8 Å². The quantitative estimate of drug-likeness (QED) is 0.490. The van der Waals surface area contributed by atoms with Crippen LogP contribution in [0.3, 0.4) is 0 Å². The minimum Gasteiger partial charge on any atom is -0.497 e. The summed E-state index contributed by atoms with van der Waals surface area (Å²) in [6.07, 6.45) is 2.63. The fraction of sp³-hybridized carbons (Fsp3) is 0.429. The maximum Gasteiger partial charge on any atom is 0.293 e. The number of morpholine rings is 1. The molecule has 3 heterocycles. The molecule has 5 rings (SSSR count). The lowest BCUT2D eigenvalue weighted by Crippen LogP contribution is -2.37. The molecular formula is C21H25N9O4. The third-order valence-electron chi connectivity index (χ3n) is 5.93. The molecule has 2 aromatic heterocycles. The Kier molecular flexibility index (Phi) is 6.18. The fourth-order valence-corrected chi connectivity index (χ4v) is 4.15.